The van der Waals surface area contributed by atoms with Gasteiger partial charge in [-0.3, -0.25) is 0 Å². The van der Waals surface area contributed by atoms with Crippen LogP contribution in [0.25, 0.3) is 0 Å². The SMILES string of the molecule is CCC(N)(CC(O)(CC)OC)OC. The maximum atomic E-state index is 9.84. The second kappa shape index (κ2) is 4.91. The van der Waals surface area contributed by atoms with Gasteiger partial charge in [0, 0.05) is 20.6 Å². The van der Waals surface area contributed by atoms with Crippen LogP contribution in [0.15, 0.2) is 0 Å². The first-order valence-electron chi connectivity index (χ1n) is 4.57. The lowest BCUT2D eigenvalue weighted by Crippen LogP contribution is -2.49. The fourth-order valence-corrected chi connectivity index (χ4v) is 1.15. The van der Waals surface area contributed by atoms with Crippen molar-refractivity contribution in [2.24, 2.45) is 5.73 Å². The predicted molar refractivity (Wildman–Crippen MR) is 51.1 cm³/mol. The zero-order chi connectivity index (χ0) is 10.5. The van der Waals surface area contributed by atoms with Gasteiger partial charge in [0.2, 0.25) is 0 Å². The molecule has 0 aromatic rings. The third kappa shape index (κ3) is 3.60. The van der Waals surface area contributed by atoms with Gasteiger partial charge >= 0.3 is 0 Å². The van der Waals surface area contributed by atoms with Gasteiger partial charge in [0.25, 0.3) is 0 Å². The summed E-state index contributed by atoms with van der Waals surface area (Å²) in [5.41, 5.74) is 5.07. The Kier molecular flexibility index (Phi) is 4.85. The van der Waals surface area contributed by atoms with E-state index in [-0.39, 0.29) is 6.42 Å². The highest BCUT2D eigenvalue weighted by Gasteiger charge is 2.35. The minimum Gasteiger partial charge on any atom is -0.365 e. The smallest absolute Gasteiger partial charge is 0.168 e. The van der Waals surface area contributed by atoms with Crippen molar-refractivity contribution in [2.45, 2.75) is 44.6 Å². The van der Waals surface area contributed by atoms with Crippen LogP contribution in [-0.2, 0) is 9.47 Å². The molecule has 4 heteroatoms. The van der Waals surface area contributed by atoms with Crippen molar-refractivity contribution in [1.82, 2.24) is 0 Å². The van der Waals surface area contributed by atoms with Crippen LogP contribution in [0.1, 0.15) is 33.1 Å². The van der Waals surface area contributed by atoms with Crippen molar-refractivity contribution < 1.29 is 14.6 Å². The summed E-state index contributed by atoms with van der Waals surface area (Å²) < 4.78 is 10.1. The first-order chi connectivity index (χ1) is 5.95. The van der Waals surface area contributed by atoms with Crippen LogP contribution in [0.3, 0.4) is 0 Å². The Morgan fingerprint density at radius 1 is 1.15 bits per heavy atom. The lowest BCUT2D eigenvalue weighted by molar-refractivity contribution is -0.222. The maximum absolute atomic E-state index is 9.84. The van der Waals surface area contributed by atoms with Crippen LogP contribution in [0, 0.1) is 0 Å². The van der Waals surface area contributed by atoms with Crippen molar-refractivity contribution in [3.05, 3.63) is 0 Å². The molecule has 0 amide bonds. The average Bonchev–Trinajstić information content (AvgIpc) is 2.17. The molecule has 0 aromatic heterocycles. The summed E-state index contributed by atoms with van der Waals surface area (Å²) in [6, 6.07) is 0. The molecule has 0 heterocycles. The first-order valence-corrected chi connectivity index (χ1v) is 4.57. The molecule has 0 aromatic carbocycles. The van der Waals surface area contributed by atoms with E-state index in [1.54, 1.807) is 0 Å². The van der Waals surface area contributed by atoms with Crippen molar-refractivity contribution in [3.63, 3.8) is 0 Å². The molecule has 0 spiro atoms. The summed E-state index contributed by atoms with van der Waals surface area (Å²) >= 11 is 0. The van der Waals surface area contributed by atoms with Crippen LogP contribution >= 0.6 is 0 Å². The Morgan fingerprint density at radius 2 is 1.69 bits per heavy atom. The molecule has 4 nitrogen and oxygen atoms in total. The first kappa shape index (κ1) is 12.8. The third-order valence-corrected chi connectivity index (χ3v) is 2.51. The van der Waals surface area contributed by atoms with Gasteiger partial charge in [-0.25, -0.2) is 0 Å². The molecule has 80 valence electrons. The van der Waals surface area contributed by atoms with Gasteiger partial charge in [-0.05, 0) is 12.8 Å². The zero-order valence-electron chi connectivity index (χ0n) is 8.96. The summed E-state index contributed by atoms with van der Waals surface area (Å²) in [5.74, 6) is -1.18. The number of methoxy groups -OCH3 is 2. The second-order valence-electron chi connectivity index (χ2n) is 3.30. The van der Waals surface area contributed by atoms with Crippen LogP contribution < -0.4 is 5.73 Å². The van der Waals surface area contributed by atoms with E-state index in [4.69, 9.17) is 15.2 Å². The van der Waals surface area contributed by atoms with Crippen LogP contribution in [0.5, 0.6) is 0 Å². The molecule has 0 saturated heterocycles. The lowest BCUT2D eigenvalue weighted by Gasteiger charge is -2.35. The molecular weight excluding hydrogens is 170 g/mol. The third-order valence-electron chi connectivity index (χ3n) is 2.51. The zero-order valence-corrected chi connectivity index (χ0v) is 8.96. The summed E-state index contributed by atoms with van der Waals surface area (Å²) in [6.07, 6.45) is 1.40. The predicted octanol–water partition coefficient (Wildman–Crippen LogP) is 0.833. The summed E-state index contributed by atoms with van der Waals surface area (Å²) in [6.45, 7) is 3.75. The Morgan fingerprint density at radius 3 is 1.92 bits per heavy atom. The van der Waals surface area contributed by atoms with Crippen molar-refractivity contribution in [1.29, 1.82) is 0 Å². The number of nitrogens with two attached hydrogens (primary N) is 1. The highest BCUT2D eigenvalue weighted by Crippen LogP contribution is 2.25. The average molecular weight is 191 g/mol. The number of hydrogen-bond donors (Lipinski definition) is 2. The number of ether oxygens (including phenoxy) is 2. The molecule has 3 N–H and O–H groups in total. The van der Waals surface area contributed by atoms with E-state index >= 15 is 0 Å². The Bertz CT molecular complexity index is 126. The fourth-order valence-electron chi connectivity index (χ4n) is 1.15. The van der Waals surface area contributed by atoms with E-state index < -0.39 is 11.5 Å². The fraction of sp³-hybridized carbons (Fsp3) is 1.00. The number of rotatable bonds is 6. The summed E-state index contributed by atoms with van der Waals surface area (Å²) in [5, 5.41) is 9.84. The quantitative estimate of drug-likeness (QED) is 0.610. The van der Waals surface area contributed by atoms with Gasteiger partial charge < -0.3 is 20.3 Å². The molecule has 0 aliphatic rings. The number of hydrogen-bond acceptors (Lipinski definition) is 4. The van der Waals surface area contributed by atoms with Gasteiger partial charge in [0.15, 0.2) is 5.79 Å². The molecule has 0 aliphatic heterocycles. The van der Waals surface area contributed by atoms with Gasteiger partial charge in [-0.2, -0.15) is 0 Å². The van der Waals surface area contributed by atoms with E-state index in [2.05, 4.69) is 0 Å². The maximum Gasteiger partial charge on any atom is 0.168 e. The van der Waals surface area contributed by atoms with Gasteiger partial charge in [0.1, 0.15) is 5.72 Å². The molecule has 0 aliphatic carbocycles. The molecular formula is C9H21NO3. The Hall–Kier alpha value is -0.160. The topological polar surface area (TPSA) is 64.7 Å². The van der Waals surface area contributed by atoms with E-state index in [1.165, 1.54) is 14.2 Å². The van der Waals surface area contributed by atoms with Gasteiger partial charge in [0.05, 0.1) is 0 Å². The van der Waals surface area contributed by atoms with E-state index in [0.717, 1.165) is 0 Å². The molecule has 2 atom stereocenters. The Labute approximate surface area is 80.0 Å². The van der Waals surface area contributed by atoms with Crippen molar-refractivity contribution in [3.8, 4) is 0 Å². The van der Waals surface area contributed by atoms with E-state index in [0.29, 0.717) is 12.8 Å². The Balaban J connectivity index is 4.36. The van der Waals surface area contributed by atoms with Crippen molar-refractivity contribution >= 4 is 0 Å². The van der Waals surface area contributed by atoms with Crippen LogP contribution in [-0.4, -0.2) is 30.8 Å². The molecule has 13 heavy (non-hydrogen) atoms. The van der Waals surface area contributed by atoms with Crippen LogP contribution in [0.2, 0.25) is 0 Å². The minimum absolute atomic E-state index is 0.278. The van der Waals surface area contributed by atoms with Gasteiger partial charge in [-0.1, -0.05) is 13.8 Å². The largest absolute Gasteiger partial charge is 0.365 e. The summed E-state index contributed by atoms with van der Waals surface area (Å²) in [7, 11) is 3.00. The van der Waals surface area contributed by atoms with E-state index in [1.807, 2.05) is 13.8 Å². The normalized spacial score (nSPS) is 20.8. The molecule has 0 radical (unpaired) electrons. The second-order valence-corrected chi connectivity index (χ2v) is 3.30. The minimum atomic E-state index is -1.18. The molecule has 2 unspecified atom stereocenters. The van der Waals surface area contributed by atoms with Crippen LogP contribution in [0.4, 0.5) is 0 Å². The van der Waals surface area contributed by atoms with Crippen molar-refractivity contribution in [2.75, 3.05) is 14.2 Å². The molecule has 0 saturated carbocycles. The molecule has 0 bridgehead atoms. The molecule has 0 rings (SSSR count). The monoisotopic (exact) mass is 191 g/mol. The lowest BCUT2D eigenvalue weighted by atomic mass is 9.98. The van der Waals surface area contributed by atoms with Gasteiger partial charge in [-0.15, -0.1) is 0 Å². The highest BCUT2D eigenvalue weighted by atomic mass is 16.6. The van der Waals surface area contributed by atoms with E-state index in [9.17, 15) is 5.11 Å². The molecule has 0 fully saturated rings. The standard InChI is InChI=1S/C9H21NO3/c1-5-8(10,12-3)7-9(11,6-2)13-4/h11H,5-7,10H2,1-4H3. The summed E-state index contributed by atoms with van der Waals surface area (Å²) in [4.78, 5) is 0. The highest BCUT2D eigenvalue weighted by molar-refractivity contribution is 4.79. The number of aliphatic hydroxyl groups is 1.